The van der Waals surface area contributed by atoms with Crippen LogP contribution in [0.2, 0.25) is 0 Å². The van der Waals surface area contributed by atoms with Gasteiger partial charge in [-0.2, -0.15) is 0 Å². The van der Waals surface area contributed by atoms with Crippen molar-refractivity contribution >= 4 is 22.8 Å². The predicted molar refractivity (Wildman–Crippen MR) is 114 cm³/mol. The van der Waals surface area contributed by atoms with Gasteiger partial charge in [0.1, 0.15) is 11.4 Å². The Bertz CT molecular complexity index is 1200. The summed E-state index contributed by atoms with van der Waals surface area (Å²) in [6, 6.07) is 8.03. The molecular formula is C21H21N7OS. The van der Waals surface area contributed by atoms with Crippen molar-refractivity contribution in [2.45, 2.75) is 13.0 Å². The zero-order valence-electron chi connectivity index (χ0n) is 16.8. The Morgan fingerprint density at radius 2 is 1.97 bits per heavy atom. The summed E-state index contributed by atoms with van der Waals surface area (Å²) in [7, 11) is 2.07. The van der Waals surface area contributed by atoms with Gasteiger partial charge in [0, 0.05) is 49.2 Å². The zero-order chi connectivity index (χ0) is 20.7. The molecule has 0 aromatic carbocycles. The lowest BCUT2D eigenvalue weighted by Gasteiger charge is -2.38. The molecular weight excluding hydrogens is 398 g/mol. The highest BCUT2D eigenvalue weighted by atomic mass is 32.1. The third-order valence-corrected chi connectivity index (χ3v) is 6.32. The summed E-state index contributed by atoms with van der Waals surface area (Å²) in [6.07, 6.45) is 5.53. The summed E-state index contributed by atoms with van der Waals surface area (Å²) in [4.78, 5) is 25.4. The van der Waals surface area contributed by atoms with Gasteiger partial charge in [0.25, 0.3) is 5.91 Å². The maximum absolute atomic E-state index is 12.9. The normalized spacial score (nSPS) is 17.5. The molecule has 5 heterocycles. The van der Waals surface area contributed by atoms with Crippen molar-refractivity contribution in [2.75, 3.05) is 26.7 Å². The highest BCUT2D eigenvalue weighted by molar-refractivity contribution is 7.09. The van der Waals surface area contributed by atoms with Crippen molar-refractivity contribution in [3.05, 3.63) is 64.6 Å². The highest BCUT2D eigenvalue weighted by Crippen LogP contribution is 2.28. The average molecular weight is 420 g/mol. The van der Waals surface area contributed by atoms with E-state index in [1.165, 1.54) is 11.3 Å². The van der Waals surface area contributed by atoms with Crippen LogP contribution in [0.15, 0.2) is 48.2 Å². The summed E-state index contributed by atoms with van der Waals surface area (Å²) in [5.41, 5.74) is 4.48. The van der Waals surface area contributed by atoms with Gasteiger partial charge in [0.2, 0.25) is 0 Å². The van der Waals surface area contributed by atoms with Crippen LogP contribution in [-0.2, 0) is 0 Å². The molecule has 152 valence electrons. The van der Waals surface area contributed by atoms with Crippen LogP contribution >= 0.6 is 11.3 Å². The molecule has 0 radical (unpaired) electrons. The summed E-state index contributed by atoms with van der Waals surface area (Å²) in [5, 5.41) is 11.6. The molecule has 4 aromatic heterocycles. The number of carbonyl (C=O) groups is 1. The van der Waals surface area contributed by atoms with Gasteiger partial charge in [0.05, 0.1) is 16.6 Å². The van der Waals surface area contributed by atoms with E-state index in [-0.39, 0.29) is 11.9 Å². The molecule has 0 bridgehead atoms. The second kappa shape index (κ2) is 7.58. The van der Waals surface area contributed by atoms with Crippen LogP contribution in [0.25, 0.3) is 16.6 Å². The number of pyridine rings is 2. The van der Waals surface area contributed by atoms with Crippen molar-refractivity contribution in [1.82, 2.24) is 34.6 Å². The van der Waals surface area contributed by atoms with Gasteiger partial charge < -0.3 is 4.90 Å². The number of carbonyl (C=O) groups excluding carboxylic acids is 1. The van der Waals surface area contributed by atoms with Crippen LogP contribution in [-0.4, -0.2) is 67.2 Å². The number of thiazole rings is 1. The molecule has 0 spiro atoms. The summed E-state index contributed by atoms with van der Waals surface area (Å²) < 4.78 is 1.81. The first-order chi connectivity index (χ1) is 14.6. The fraction of sp³-hybridized carbons (Fsp3) is 0.286. The van der Waals surface area contributed by atoms with E-state index in [2.05, 4.69) is 38.3 Å². The third-order valence-electron chi connectivity index (χ3n) is 5.54. The lowest BCUT2D eigenvalue weighted by Crippen LogP contribution is -2.49. The number of piperazine rings is 1. The van der Waals surface area contributed by atoms with Crippen molar-refractivity contribution in [3.8, 4) is 11.1 Å². The van der Waals surface area contributed by atoms with Crippen molar-refractivity contribution in [2.24, 2.45) is 0 Å². The zero-order valence-corrected chi connectivity index (χ0v) is 17.6. The standard InChI is InChI=1S/C21H21N7OS/c1-14-23-17(13-30-14)21(29)27-10-9-26(2)19(12-27)20-18-4-3-16(11-28(18)25-24-20)15-5-7-22-8-6-15/h3-8,11,13,19H,9-10,12H2,1-2H3/t19-/m1/s1. The highest BCUT2D eigenvalue weighted by Gasteiger charge is 2.32. The predicted octanol–water partition coefficient (Wildman–Crippen LogP) is 2.69. The first-order valence-electron chi connectivity index (χ1n) is 9.77. The molecule has 1 aliphatic heterocycles. The molecule has 0 N–H and O–H groups in total. The average Bonchev–Trinajstić information content (AvgIpc) is 3.40. The Morgan fingerprint density at radius 1 is 1.13 bits per heavy atom. The molecule has 1 fully saturated rings. The monoisotopic (exact) mass is 419 g/mol. The van der Waals surface area contributed by atoms with Crippen LogP contribution in [0, 0.1) is 6.92 Å². The molecule has 30 heavy (non-hydrogen) atoms. The summed E-state index contributed by atoms with van der Waals surface area (Å²) in [5.74, 6) is -0.0195. The number of amides is 1. The van der Waals surface area contributed by atoms with Crippen molar-refractivity contribution in [3.63, 3.8) is 0 Å². The molecule has 1 saturated heterocycles. The smallest absolute Gasteiger partial charge is 0.273 e. The molecule has 9 heteroatoms. The minimum absolute atomic E-state index is 0.0195. The van der Waals surface area contributed by atoms with Gasteiger partial charge in [-0.3, -0.25) is 14.7 Å². The minimum atomic E-state index is -0.0216. The van der Waals surface area contributed by atoms with E-state index in [1.54, 1.807) is 12.4 Å². The van der Waals surface area contributed by atoms with Crippen LogP contribution in [0.1, 0.15) is 27.2 Å². The van der Waals surface area contributed by atoms with Gasteiger partial charge in [-0.25, -0.2) is 9.50 Å². The Morgan fingerprint density at radius 3 is 2.73 bits per heavy atom. The molecule has 1 amide bonds. The maximum atomic E-state index is 12.9. The molecule has 1 aliphatic rings. The SMILES string of the molecule is Cc1nc(C(=O)N2CCN(C)[C@@H](c3nnn4cc(-c5ccncc5)ccc34)C2)cs1. The van der Waals surface area contributed by atoms with E-state index in [9.17, 15) is 4.79 Å². The third kappa shape index (κ3) is 3.35. The quantitative estimate of drug-likeness (QED) is 0.508. The van der Waals surface area contributed by atoms with Crippen LogP contribution in [0.5, 0.6) is 0 Å². The molecule has 4 aromatic rings. The Labute approximate surface area is 177 Å². The number of rotatable bonds is 3. The van der Waals surface area contributed by atoms with E-state index >= 15 is 0 Å². The number of fused-ring (bicyclic) bond motifs is 1. The van der Waals surface area contributed by atoms with Gasteiger partial charge in [-0.1, -0.05) is 11.3 Å². The van der Waals surface area contributed by atoms with Gasteiger partial charge >= 0.3 is 0 Å². The molecule has 5 rings (SSSR count). The first kappa shape index (κ1) is 18.8. The Kier molecular flexibility index (Phi) is 4.76. The molecule has 0 saturated carbocycles. The topological polar surface area (TPSA) is 79.5 Å². The number of aromatic nitrogens is 5. The fourth-order valence-corrected chi connectivity index (χ4v) is 4.43. The fourth-order valence-electron chi connectivity index (χ4n) is 3.84. The van der Waals surface area contributed by atoms with Crippen LogP contribution in [0.3, 0.4) is 0 Å². The molecule has 1 atom stereocenters. The second-order valence-corrected chi connectivity index (χ2v) is 8.52. The van der Waals surface area contributed by atoms with E-state index in [0.717, 1.165) is 33.9 Å². The largest absolute Gasteiger partial charge is 0.334 e. The lowest BCUT2D eigenvalue weighted by atomic mass is 10.1. The van der Waals surface area contributed by atoms with E-state index in [1.807, 2.05) is 46.1 Å². The molecule has 0 unspecified atom stereocenters. The second-order valence-electron chi connectivity index (χ2n) is 7.46. The maximum Gasteiger partial charge on any atom is 0.273 e. The van der Waals surface area contributed by atoms with E-state index in [4.69, 9.17) is 0 Å². The van der Waals surface area contributed by atoms with Crippen LogP contribution in [0.4, 0.5) is 0 Å². The van der Waals surface area contributed by atoms with E-state index in [0.29, 0.717) is 18.8 Å². The van der Waals surface area contributed by atoms with Crippen LogP contribution < -0.4 is 0 Å². The molecule has 0 aliphatic carbocycles. The first-order valence-corrected chi connectivity index (χ1v) is 10.6. The van der Waals surface area contributed by atoms with Crippen molar-refractivity contribution < 1.29 is 4.79 Å². The number of hydrogen-bond donors (Lipinski definition) is 0. The van der Waals surface area contributed by atoms with Gasteiger partial charge in [0.15, 0.2) is 0 Å². The number of likely N-dealkylation sites (N-methyl/N-ethyl adjacent to an activating group) is 1. The van der Waals surface area contributed by atoms with Gasteiger partial charge in [-0.15, -0.1) is 16.4 Å². The van der Waals surface area contributed by atoms with Gasteiger partial charge in [-0.05, 0) is 37.7 Å². The number of aryl methyl sites for hydroxylation is 1. The molecule has 8 nitrogen and oxygen atoms in total. The number of hydrogen-bond acceptors (Lipinski definition) is 7. The summed E-state index contributed by atoms with van der Waals surface area (Å²) >= 11 is 1.50. The summed E-state index contributed by atoms with van der Waals surface area (Å²) in [6.45, 7) is 3.92. The Hall–Kier alpha value is -3.17. The minimum Gasteiger partial charge on any atom is -0.334 e. The van der Waals surface area contributed by atoms with Crippen molar-refractivity contribution in [1.29, 1.82) is 0 Å². The van der Waals surface area contributed by atoms with E-state index < -0.39 is 0 Å². The lowest BCUT2D eigenvalue weighted by molar-refractivity contribution is 0.0537. The number of nitrogens with zero attached hydrogens (tertiary/aromatic N) is 7. The Balaban J connectivity index is 1.44.